The highest BCUT2D eigenvalue weighted by Crippen LogP contribution is 2.32. The van der Waals surface area contributed by atoms with Crippen LogP contribution in [-0.4, -0.2) is 41.0 Å². The lowest BCUT2D eigenvalue weighted by molar-refractivity contribution is -0.154. The van der Waals surface area contributed by atoms with Gasteiger partial charge >= 0.3 is 5.97 Å². The van der Waals surface area contributed by atoms with E-state index < -0.39 is 11.4 Å². The Labute approximate surface area is 102 Å². The quantitative estimate of drug-likeness (QED) is 0.748. The number of carbonyl (C=O) groups is 2. The third kappa shape index (κ3) is 2.97. The summed E-state index contributed by atoms with van der Waals surface area (Å²) in [6.45, 7) is 4.85. The lowest BCUT2D eigenvalue weighted by Crippen LogP contribution is -2.39. The second-order valence-corrected chi connectivity index (χ2v) is 4.86. The van der Waals surface area contributed by atoms with Crippen molar-refractivity contribution < 1.29 is 14.7 Å². The van der Waals surface area contributed by atoms with Gasteiger partial charge in [0.15, 0.2) is 0 Å². The minimum Gasteiger partial charge on any atom is -0.481 e. The maximum atomic E-state index is 12.0. The second-order valence-electron chi connectivity index (χ2n) is 4.86. The first-order valence-electron chi connectivity index (χ1n) is 6.22. The summed E-state index contributed by atoms with van der Waals surface area (Å²) in [5.41, 5.74) is 4.83. The molecule has 0 radical (unpaired) electrons. The number of carboxylic acids is 1. The fourth-order valence-corrected chi connectivity index (χ4v) is 2.29. The third-order valence-corrected chi connectivity index (χ3v) is 3.87. The standard InChI is InChI=1S/C12H22N2O3/c1-3-12(4-2,11(16)17)7-10(15)14-6-5-9(13)8-14/h9H,3-8,13H2,1-2H3,(H,16,17). The van der Waals surface area contributed by atoms with Gasteiger partial charge in [-0.3, -0.25) is 9.59 Å². The molecule has 1 atom stereocenters. The predicted octanol–water partition coefficient (Wildman–Crippen LogP) is 0.827. The molecule has 1 saturated heterocycles. The largest absolute Gasteiger partial charge is 0.481 e. The van der Waals surface area contributed by atoms with Crippen molar-refractivity contribution in [3.05, 3.63) is 0 Å². The summed E-state index contributed by atoms with van der Waals surface area (Å²) in [4.78, 5) is 25.0. The molecule has 1 rings (SSSR count). The molecule has 0 aliphatic carbocycles. The lowest BCUT2D eigenvalue weighted by Gasteiger charge is -2.28. The summed E-state index contributed by atoms with van der Waals surface area (Å²) in [7, 11) is 0. The van der Waals surface area contributed by atoms with Crippen molar-refractivity contribution in [2.45, 2.75) is 45.6 Å². The van der Waals surface area contributed by atoms with Gasteiger partial charge < -0.3 is 15.7 Å². The van der Waals surface area contributed by atoms with Gasteiger partial charge in [-0.25, -0.2) is 0 Å². The van der Waals surface area contributed by atoms with Crippen molar-refractivity contribution in [2.75, 3.05) is 13.1 Å². The van der Waals surface area contributed by atoms with E-state index in [0.717, 1.165) is 6.42 Å². The van der Waals surface area contributed by atoms with Crippen LogP contribution in [-0.2, 0) is 9.59 Å². The molecule has 3 N–H and O–H groups in total. The third-order valence-electron chi connectivity index (χ3n) is 3.87. The van der Waals surface area contributed by atoms with Crippen LogP contribution in [0.2, 0.25) is 0 Å². The monoisotopic (exact) mass is 242 g/mol. The molecule has 0 aromatic carbocycles. The molecule has 1 unspecified atom stereocenters. The normalized spacial score (nSPS) is 20.6. The summed E-state index contributed by atoms with van der Waals surface area (Å²) >= 11 is 0. The number of amides is 1. The van der Waals surface area contributed by atoms with Crippen molar-refractivity contribution in [1.29, 1.82) is 0 Å². The Bertz CT molecular complexity index is 300. The number of aliphatic carboxylic acids is 1. The Balaban J connectivity index is 2.68. The maximum Gasteiger partial charge on any atom is 0.310 e. The van der Waals surface area contributed by atoms with E-state index in [-0.39, 0.29) is 18.4 Å². The molecule has 0 aromatic heterocycles. The average molecular weight is 242 g/mol. The highest BCUT2D eigenvalue weighted by Gasteiger charge is 2.39. The molecule has 1 aliphatic heterocycles. The van der Waals surface area contributed by atoms with Crippen molar-refractivity contribution in [3.8, 4) is 0 Å². The summed E-state index contributed by atoms with van der Waals surface area (Å²) in [6.07, 6.45) is 1.85. The van der Waals surface area contributed by atoms with Gasteiger partial charge in [-0.2, -0.15) is 0 Å². The van der Waals surface area contributed by atoms with Gasteiger partial charge in [-0.1, -0.05) is 13.8 Å². The van der Waals surface area contributed by atoms with Crippen LogP contribution in [0.3, 0.4) is 0 Å². The number of hydrogen-bond donors (Lipinski definition) is 2. The van der Waals surface area contributed by atoms with Crippen molar-refractivity contribution in [1.82, 2.24) is 4.90 Å². The number of carboxylic acid groups (broad SMARTS) is 1. The second kappa shape index (κ2) is 5.49. The molecule has 1 aliphatic rings. The molecule has 17 heavy (non-hydrogen) atoms. The summed E-state index contributed by atoms with van der Waals surface area (Å²) in [6, 6.07) is 0.0430. The van der Waals surface area contributed by atoms with Crippen LogP contribution in [0.1, 0.15) is 39.5 Å². The van der Waals surface area contributed by atoms with Gasteiger partial charge in [0.2, 0.25) is 5.91 Å². The van der Waals surface area contributed by atoms with Crippen LogP contribution in [0, 0.1) is 5.41 Å². The van der Waals surface area contributed by atoms with Gasteiger partial charge in [0.25, 0.3) is 0 Å². The van der Waals surface area contributed by atoms with Crippen LogP contribution in [0.25, 0.3) is 0 Å². The molecule has 5 nitrogen and oxygen atoms in total. The lowest BCUT2D eigenvalue weighted by atomic mass is 9.79. The van der Waals surface area contributed by atoms with Gasteiger partial charge in [0.05, 0.1) is 5.41 Å². The highest BCUT2D eigenvalue weighted by atomic mass is 16.4. The molecule has 1 amide bonds. The van der Waals surface area contributed by atoms with Crippen molar-refractivity contribution in [2.24, 2.45) is 11.1 Å². The number of hydrogen-bond acceptors (Lipinski definition) is 3. The summed E-state index contributed by atoms with van der Waals surface area (Å²) in [5, 5.41) is 9.27. The van der Waals surface area contributed by atoms with Crippen LogP contribution in [0.15, 0.2) is 0 Å². The van der Waals surface area contributed by atoms with Crippen molar-refractivity contribution >= 4 is 11.9 Å². The van der Waals surface area contributed by atoms with E-state index in [2.05, 4.69) is 0 Å². The maximum absolute atomic E-state index is 12.0. The molecule has 0 bridgehead atoms. The van der Waals surface area contributed by atoms with E-state index in [4.69, 9.17) is 5.73 Å². The van der Waals surface area contributed by atoms with E-state index in [1.807, 2.05) is 13.8 Å². The Morgan fingerprint density at radius 1 is 1.41 bits per heavy atom. The first kappa shape index (κ1) is 14.0. The Morgan fingerprint density at radius 3 is 2.35 bits per heavy atom. The number of nitrogens with two attached hydrogens (primary N) is 1. The topological polar surface area (TPSA) is 83.6 Å². The van der Waals surface area contributed by atoms with E-state index in [1.54, 1.807) is 4.90 Å². The number of carbonyl (C=O) groups excluding carboxylic acids is 1. The van der Waals surface area contributed by atoms with Gasteiger partial charge in [0.1, 0.15) is 0 Å². The van der Waals surface area contributed by atoms with Crippen LogP contribution in [0.4, 0.5) is 0 Å². The Hall–Kier alpha value is -1.10. The predicted molar refractivity (Wildman–Crippen MR) is 64.4 cm³/mol. The number of rotatable bonds is 5. The molecular weight excluding hydrogens is 220 g/mol. The molecule has 5 heteroatoms. The minimum absolute atomic E-state index is 0.0430. The van der Waals surface area contributed by atoms with Gasteiger partial charge in [-0.15, -0.1) is 0 Å². The summed E-state index contributed by atoms with van der Waals surface area (Å²) < 4.78 is 0. The first-order chi connectivity index (χ1) is 7.95. The highest BCUT2D eigenvalue weighted by molar-refractivity contribution is 5.85. The van der Waals surface area contributed by atoms with Crippen molar-refractivity contribution in [3.63, 3.8) is 0 Å². The van der Waals surface area contributed by atoms with Crippen LogP contribution >= 0.6 is 0 Å². The van der Waals surface area contributed by atoms with E-state index in [0.29, 0.717) is 25.9 Å². The van der Waals surface area contributed by atoms with Crippen LogP contribution in [0.5, 0.6) is 0 Å². The molecule has 0 spiro atoms. The zero-order chi connectivity index (χ0) is 13.1. The summed E-state index contributed by atoms with van der Waals surface area (Å²) in [5.74, 6) is -0.955. The van der Waals surface area contributed by atoms with E-state index in [9.17, 15) is 14.7 Å². The fourth-order valence-electron chi connectivity index (χ4n) is 2.29. The number of likely N-dealkylation sites (tertiary alicyclic amines) is 1. The number of nitrogens with zero attached hydrogens (tertiary/aromatic N) is 1. The SMILES string of the molecule is CCC(CC)(CC(=O)N1CCC(N)C1)C(=O)O. The van der Waals surface area contributed by atoms with Crippen LogP contribution < -0.4 is 5.73 Å². The molecule has 1 fully saturated rings. The molecular formula is C12H22N2O3. The van der Waals surface area contributed by atoms with Gasteiger partial charge in [0, 0.05) is 25.6 Å². The van der Waals surface area contributed by atoms with Gasteiger partial charge in [-0.05, 0) is 19.3 Å². The Kier molecular flexibility index (Phi) is 4.51. The smallest absolute Gasteiger partial charge is 0.310 e. The molecule has 0 aromatic rings. The molecule has 1 heterocycles. The van der Waals surface area contributed by atoms with E-state index >= 15 is 0 Å². The first-order valence-corrected chi connectivity index (χ1v) is 6.22. The average Bonchev–Trinajstić information content (AvgIpc) is 2.72. The zero-order valence-electron chi connectivity index (χ0n) is 10.6. The fraction of sp³-hybridized carbons (Fsp3) is 0.833. The molecule has 98 valence electrons. The van der Waals surface area contributed by atoms with E-state index in [1.165, 1.54) is 0 Å². The minimum atomic E-state index is -0.913. The zero-order valence-corrected chi connectivity index (χ0v) is 10.6. The molecule has 0 saturated carbocycles. The Morgan fingerprint density at radius 2 is 2.00 bits per heavy atom.